The Morgan fingerprint density at radius 2 is 2.10 bits per heavy atom. The van der Waals surface area contributed by atoms with Gasteiger partial charge in [-0.15, -0.1) is 0 Å². The highest BCUT2D eigenvalue weighted by Gasteiger charge is 2.44. The van der Waals surface area contributed by atoms with Crippen LogP contribution in [0.4, 0.5) is 0 Å². The summed E-state index contributed by atoms with van der Waals surface area (Å²) in [5.74, 6) is 0.164. The average Bonchev–Trinajstić information content (AvgIpc) is 2.74. The van der Waals surface area contributed by atoms with Crippen LogP contribution < -0.4 is 5.32 Å². The molecular weight excluding hydrogens is 264 g/mol. The molecule has 1 amide bonds. The van der Waals surface area contributed by atoms with Crippen LogP contribution in [-0.4, -0.2) is 42.1 Å². The van der Waals surface area contributed by atoms with Crippen LogP contribution in [0.5, 0.6) is 0 Å². The molecule has 1 aromatic rings. The summed E-state index contributed by atoms with van der Waals surface area (Å²) in [7, 11) is 0. The highest BCUT2D eigenvalue weighted by Crippen LogP contribution is 2.32. The highest BCUT2D eigenvalue weighted by molar-refractivity contribution is 5.80. The quantitative estimate of drug-likeness (QED) is 0.918. The van der Waals surface area contributed by atoms with Gasteiger partial charge >= 0.3 is 0 Å². The Bertz CT molecular complexity index is 489. The number of benzene rings is 1. The SMILES string of the molecule is CC(C)NC(=O)[C@H]1C[C@@H]2CN(Cc3ccccc3)C[C@H]1O2. The van der Waals surface area contributed by atoms with E-state index < -0.39 is 0 Å². The Kier molecular flexibility index (Phi) is 4.27. The number of amides is 1. The molecule has 0 radical (unpaired) electrons. The van der Waals surface area contributed by atoms with Crippen LogP contribution in [0.3, 0.4) is 0 Å². The van der Waals surface area contributed by atoms with Crippen molar-refractivity contribution in [2.45, 2.75) is 45.1 Å². The lowest BCUT2D eigenvalue weighted by Gasteiger charge is -2.32. The maximum absolute atomic E-state index is 12.3. The number of hydrogen-bond donors (Lipinski definition) is 1. The van der Waals surface area contributed by atoms with E-state index in [0.717, 1.165) is 26.1 Å². The van der Waals surface area contributed by atoms with E-state index in [2.05, 4.69) is 34.5 Å². The lowest BCUT2D eigenvalue weighted by Crippen LogP contribution is -2.45. The largest absolute Gasteiger partial charge is 0.371 e. The van der Waals surface area contributed by atoms with Gasteiger partial charge in [0.2, 0.25) is 5.91 Å². The van der Waals surface area contributed by atoms with Crippen molar-refractivity contribution in [2.24, 2.45) is 5.92 Å². The third-order valence-electron chi connectivity index (χ3n) is 4.25. The Balaban J connectivity index is 1.61. The number of fused-ring (bicyclic) bond motifs is 2. The summed E-state index contributed by atoms with van der Waals surface area (Å²) in [6.45, 7) is 6.72. The zero-order valence-electron chi connectivity index (χ0n) is 12.8. The smallest absolute Gasteiger partial charge is 0.226 e. The Morgan fingerprint density at radius 1 is 1.33 bits per heavy atom. The lowest BCUT2D eigenvalue weighted by atomic mass is 9.99. The molecule has 0 aliphatic carbocycles. The maximum atomic E-state index is 12.3. The van der Waals surface area contributed by atoms with Crippen molar-refractivity contribution < 1.29 is 9.53 Å². The van der Waals surface area contributed by atoms with Gasteiger partial charge in [-0.25, -0.2) is 0 Å². The minimum absolute atomic E-state index is 0.0122. The molecule has 2 aliphatic heterocycles. The van der Waals surface area contributed by atoms with E-state index in [0.29, 0.717) is 0 Å². The molecule has 0 spiro atoms. The number of nitrogens with zero attached hydrogens (tertiary/aromatic N) is 1. The van der Waals surface area contributed by atoms with Crippen LogP contribution in [0.1, 0.15) is 25.8 Å². The van der Waals surface area contributed by atoms with Gasteiger partial charge in [-0.2, -0.15) is 0 Å². The molecule has 1 aromatic carbocycles. The lowest BCUT2D eigenvalue weighted by molar-refractivity contribution is -0.128. The number of carbonyl (C=O) groups excluding carboxylic acids is 1. The molecule has 2 fully saturated rings. The molecule has 2 saturated heterocycles. The Labute approximate surface area is 126 Å². The van der Waals surface area contributed by atoms with Crippen molar-refractivity contribution in [1.29, 1.82) is 0 Å². The molecule has 0 aromatic heterocycles. The zero-order valence-corrected chi connectivity index (χ0v) is 12.8. The van der Waals surface area contributed by atoms with E-state index in [9.17, 15) is 4.79 Å². The van der Waals surface area contributed by atoms with Crippen molar-refractivity contribution in [3.8, 4) is 0 Å². The van der Waals surface area contributed by atoms with Gasteiger partial charge in [0.1, 0.15) is 0 Å². The summed E-state index contributed by atoms with van der Waals surface area (Å²) in [6, 6.07) is 10.7. The fourth-order valence-corrected chi connectivity index (χ4v) is 3.38. The van der Waals surface area contributed by atoms with Gasteiger partial charge in [0.05, 0.1) is 18.1 Å². The van der Waals surface area contributed by atoms with E-state index in [1.165, 1.54) is 5.56 Å². The molecular formula is C17H24N2O2. The maximum Gasteiger partial charge on any atom is 0.226 e. The van der Waals surface area contributed by atoms with Gasteiger partial charge in [-0.3, -0.25) is 9.69 Å². The number of carbonyl (C=O) groups is 1. The predicted molar refractivity (Wildman–Crippen MR) is 81.8 cm³/mol. The summed E-state index contributed by atoms with van der Waals surface area (Å²) in [5.41, 5.74) is 1.32. The van der Waals surface area contributed by atoms with E-state index in [1.807, 2.05) is 19.9 Å². The average molecular weight is 288 g/mol. The molecule has 3 rings (SSSR count). The number of likely N-dealkylation sites (tertiary alicyclic amines) is 1. The van der Waals surface area contributed by atoms with Gasteiger partial charge in [-0.05, 0) is 25.8 Å². The van der Waals surface area contributed by atoms with Gasteiger partial charge in [0.25, 0.3) is 0 Å². The number of nitrogens with one attached hydrogen (secondary N) is 1. The van der Waals surface area contributed by atoms with Crippen LogP contribution in [0.15, 0.2) is 30.3 Å². The number of rotatable bonds is 4. The molecule has 4 heteroatoms. The van der Waals surface area contributed by atoms with Crippen LogP contribution in [0.2, 0.25) is 0 Å². The Morgan fingerprint density at radius 3 is 2.81 bits per heavy atom. The number of ether oxygens (including phenoxy) is 1. The summed E-state index contributed by atoms with van der Waals surface area (Å²) in [5, 5.41) is 3.02. The van der Waals surface area contributed by atoms with Crippen LogP contribution in [-0.2, 0) is 16.1 Å². The van der Waals surface area contributed by atoms with Crippen LogP contribution in [0, 0.1) is 5.92 Å². The first-order valence-electron chi connectivity index (χ1n) is 7.84. The summed E-state index contributed by atoms with van der Waals surface area (Å²) in [4.78, 5) is 14.7. The highest BCUT2D eigenvalue weighted by atomic mass is 16.5. The molecule has 114 valence electrons. The topological polar surface area (TPSA) is 41.6 Å². The second kappa shape index (κ2) is 6.16. The minimum Gasteiger partial charge on any atom is -0.371 e. The van der Waals surface area contributed by atoms with Crippen LogP contribution in [0.25, 0.3) is 0 Å². The number of hydrogen-bond acceptors (Lipinski definition) is 3. The molecule has 0 unspecified atom stereocenters. The fourth-order valence-electron chi connectivity index (χ4n) is 3.38. The molecule has 2 heterocycles. The predicted octanol–water partition coefficient (Wildman–Crippen LogP) is 1.80. The van der Waals surface area contributed by atoms with E-state index in [-0.39, 0.29) is 30.1 Å². The molecule has 3 atom stereocenters. The molecule has 2 bridgehead atoms. The zero-order chi connectivity index (χ0) is 14.8. The van der Waals surface area contributed by atoms with Crippen molar-refractivity contribution >= 4 is 5.91 Å². The van der Waals surface area contributed by atoms with Gasteiger partial charge in [0, 0.05) is 25.7 Å². The van der Waals surface area contributed by atoms with Gasteiger partial charge < -0.3 is 10.1 Å². The summed E-state index contributed by atoms with van der Waals surface area (Å²) >= 11 is 0. The van der Waals surface area contributed by atoms with Crippen molar-refractivity contribution in [3.63, 3.8) is 0 Å². The fraction of sp³-hybridized carbons (Fsp3) is 0.588. The van der Waals surface area contributed by atoms with Gasteiger partial charge in [0.15, 0.2) is 0 Å². The Hall–Kier alpha value is -1.39. The first-order chi connectivity index (χ1) is 10.1. The van der Waals surface area contributed by atoms with E-state index >= 15 is 0 Å². The summed E-state index contributed by atoms with van der Waals surface area (Å²) < 4.78 is 5.98. The van der Waals surface area contributed by atoms with Crippen molar-refractivity contribution in [2.75, 3.05) is 13.1 Å². The molecule has 0 saturated carbocycles. The molecule has 21 heavy (non-hydrogen) atoms. The van der Waals surface area contributed by atoms with E-state index in [1.54, 1.807) is 0 Å². The molecule has 2 aliphatic rings. The first kappa shape index (κ1) is 14.5. The third kappa shape index (κ3) is 3.44. The molecule has 4 nitrogen and oxygen atoms in total. The van der Waals surface area contributed by atoms with Gasteiger partial charge in [-0.1, -0.05) is 30.3 Å². The van der Waals surface area contributed by atoms with E-state index in [4.69, 9.17) is 4.74 Å². The molecule has 1 N–H and O–H groups in total. The third-order valence-corrected chi connectivity index (χ3v) is 4.25. The second-order valence-corrected chi connectivity index (χ2v) is 6.48. The summed E-state index contributed by atoms with van der Waals surface area (Å²) in [6.07, 6.45) is 1.11. The normalized spacial score (nSPS) is 28.8. The minimum atomic E-state index is 0.0122. The van der Waals surface area contributed by atoms with Crippen LogP contribution >= 0.6 is 0 Å². The standard InChI is InChI=1S/C17H24N2O2/c1-12(2)18-17(20)15-8-14-10-19(11-16(15)21-14)9-13-6-4-3-5-7-13/h3-7,12,14-16H,8-11H2,1-2H3,(H,18,20)/t14-,15+,16-/m1/s1. The number of morpholine rings is 1. The second-order valence-electron chi connectivity index (χ2n) is 6.48. The van der Waals surface area contributed by atoms with Crippen molar-refractivity contribution in [1.82, 2.24) is 10.2 Å². The monoisotopic (exact) mass is 288 g/mol. The van der Waals surface area contributed by atoms with Crippen molar-refractivity contribution in [3.05, 3.63) is 35.9 Å². The first-order valence-corrected chi connectivity index (χ1v) is 7.84.